The first-order valence-electron chi connectivity index (χ1n) is 9.57. The molecule has 2 atom stereocenters. The predicted octanol–water partition coefficient (Wildman–Crippen LogP) is 3.14. The topological polar surface area (TPSA) is 65.4 Å². The zero-order valence-electron chi connectivity index (χ0n) is 15.4. The molecule has 28 heavy (non-hydrogen) atoms. The van der Waals surface area contributed by atoms with Crippen LogP contribution < -0.4 is 14.8 Å². The van der Waals surface area contributed by atoms with E-state index in [-0.39, 0.29) is 18.1 Å². The fraction of sp³-hybridized carbons (Fsp3) is 0.273. The van der Waals surface area contributed by atoms with Gasteiger partial charge in [-0.3, -0.25) is 4.79 Å². The van der Waals surface area contributed by atoms with Crippen LogP contribution in [0, 0.1) is 0 Å². The van der Waals surface area contributed by atoms with Crippen molar-refractivity contribution in [1.82, 2.24) is 15.1 Å². The summed E-state index contributed by atoms with van der Waals surface area (Å²) in [5.41, 5.74) is 2.62. The minimum atomic E-state index is -0.199. The smallest absolute Gasteiger partial charge is 0.272 e. The van der Waals surface area contributed by atoms with Gasteiger partial charge in [-0.25, -0.2) is 4.68 Å². The summed E-state index contributed by atoms with van der Waals surface area (Å²) in [7, 11) is 0. The number of carbonyl (C=O) groups is 1. The van der Waals surface area contributed by atoms with Crippen molar-refractivity contribution in [2.75, 3.05) is 6.61 Å². The molecule has 0 aliphatic carbocycles. The summed E-state index contributed by atoms with van der Waals surface area (Å²) >= 11 is 0. The molecule has 5 rings (SSSR count). The molecule has 6 nitrogen and oxygen atoms in total. The number of para-hydroxylation sites is 1. The van der Waals surface area contributed by atoms with Crippen molar-refractivity contribution >= 4 is 5.91 Å². The first-order chi connectivity index (χ1) is 13.8. The van der Waals surface area contributed by atoms with Gasteiger partial charge in [0.2, 0.25) is 5.88 Å². The van der Waals surface area contributed by atoms with Crippen molar-refractivity contribution in [3.8, 4) is 11.6 Å². The molecule has 0 saturated carbocycles. The second kappa shape index (κ2) is 7.03. The molecule has 3 heterocycles. The highest BCUT2D eigenvalue weighted by molar-refractivity contribution is 5.92. The lowest BCUT2D eigenvalue weighted by atomic mass is 10.0. The lowest BCUT2D eigenvalue weighted by Gasteiger charge is -2.25. The van der Waals surface area contributed by atoms with E-state index in [2.05, 4.69) is 22.5 Å². The maximum Gasteiger partial charge on any atom is 0.272 e. The van der Waals surface area contributed by atoms with Crippen molar-refractivity contribution in [1.29, 1.82) is 0 Å². The number of benzene rings is 2. The van der Waals surface area contributed by atoms with E-state index in [9.17, 15) is 4.79 Å². The summed E-state index contributed by atoms with van der Waals surface area (Å²) in [6.07, 6.45) is 1.57. The minimum absolute atomic E-state index is 0.00967. The zero-order valence-corrected chi connectivity index (χ0v) is 15.4. The quantitative estimate of drug-likeness (QED) is 0.764. The molecule has 3 aromatic rings. The van der Waals surface area contributed by atoms with Gasteiger partial charge in [-0.2, -0.15) is 5.10 Å². The third-order valence-electron chi connectivity index (χ3n) is 5.23. The Morgan fingerprint density at radius 2 is 1.93 bits per heavy atom. The third kappa shape index (κ3) is 3.22. The number of nitrogens with zero attached hydrogens (tertiary/aromatic N) is 2. The van der Waals surface area contributed by atoms with Crippen molar-refractivity contribution in [2.45, 2.75) is 31.5 Å². The number of aryl methyl sites for hydroxylation is 1. The van der Waals surface area contributed by atoms with E-state index in [0.717, 1.165) is 36.3 Å². The molecule has 142 valence electrons. The number of ether oxygens (including phenoxy) is 2. The molecule has 0 spiro atoms. The summed E-state index contributed by atoms with van der Waals surface area (Å²) < 4.78 is 13.6. The van der Waals surface area contributed by atoms with Crippen LogP contribution in [0.5, 0.6) is 11.6 Å². The fourth-order valence-corrected chi connectivity index (χ4v) is 3.79. The third-order valence-corrected chi connectivity index (χ3v) is 5.23. The van der Waals surface area contributed by atoms with E-state index < -0.39 is 0 Å². The molecule has 2 aliphatic heterocycles. The molecule has 1 aromatic heterocycles. The molecule has 0 saturated heterocycles. The Morgan fingerprint density at radius 1 is 1.11 bits per heavy atom. The van der Waals surface area contributed by atoms with E-state index in [1.54, 1.807) is 10.7 Å². The normalized spacial score (nSPS) is 20.3. The average Bonchev–Trinajstić information content (AvgIpc) is 3.18. The second-order valence-electron chi connectivity index (χ2n) is 7.19. The SMILES string of the molecule is O=C(N[C@H]1COc2ccccc2C1)c1cc2n(n1)CCC(c1ccccc1)O2. The van der Waals surface area contributed by atoms with Crippen molar-refractivity contribution < 1.29 is 14.3 Å². The van der Waals surface area contributed by atoms with Crippen LogP contribution >= 0.6 is 0 Å². The van der Waals surface area contributed by atoms with Crippen LogP contribution in [0.25, 0.3) is 0 Å². The Kier molecular flexibility index (Phi) is 4.24. The molecule has 1 amide bonds. The molecule has 0 bridgehead atoms. The van der Waals surface area contributed by atoms with Crippen LogP contribution in [-0.2, 0) is 13.0 Å². The molecule has 6 heteroatoms. The van der Waals surface area contributed by atoms with Crippen LogP contribution in [0.15, 0.2) is 60.7 Å². The molecule has 1 N–H and O–H groups in total. The van der Waals surface area contributed by atoms with Crippen LogP contribution in [0.3, 0.4) is 0 Å². The number of fused-ring (bicyclic) bond motifs is 2. The van der Waals surface area contributed by atoms with Gasteiger partial charge >= 0.3 is 0 Å². The van der Waals surface area contributed by atoms with Crippen LogP contribution in [0.4, 0.5) is 0 Å². The average molecular weight is 375 g/mol. The standard InChI is InChI=1S/C22H21N3O3/c26-22(23-17-12-16-8-4-5-9-19(16)27-14-17)18-13-21-25(24-18)11-10-20(28-21)15-6-2-1-3-7-15/h1-9,13,17,20H,10-12,14H2,(H,23,26)/t17-,20?/m1/s1. The number of hydrogen-bond acceptors (Lipinski definition) is 4. The molecule has 0 radical (unpaired) electrons. The Balaban J connectivity index is 1.27. The first kappa shape index (κ1) is 16.9. The molecule has 2 aliphatic rings. The van der Waals surface area contributed by atoms with Crippen molar-refractivity contribution in [3.63, 3.8) is 0 Å². The number of amides is 1. The molecular formula is C22H21N3O3. The molecule has 0 fully saturated rings. The van der Waals surface area contributed by atoms with E-state index in [1.165, 1.54) is 0 Å². The van der Waals surface area contributed by atoms with Gasteiger partial charge in [0.05, 0.1) is 6.04 Å². The van der Waals surface area contributed by atoms with E-state index >= 15 is 0 Å². The Bertz CT molecular complexity index is 999. The highest BCUT2D eigenvalue weighted by atomic mass is 16.5. The summed E-state index contributed by atoms with van der Waals surface area (Å²) in [6, 6.07) is 19.7. The molecular weight excluding hydrogens is 354 g/mol. The molecule has 1 unspecified atom stereocenters. The number of aromatic nitrogens is 2. The zero-order chi connectivity index (χ0) is 18.9. The number of rotatable bonds is 3. The Morgan fingerprint density at radius 3 is 2.82 bits per heavy atom. The Labute approximate surface area is 163 Å². The second-order valence-corrected chi connectivity index (χ2v) is 7.19. The maximum atomic E-state index is 12.7. The van der Waals surface area contributed by atoms with Crippen LogP contribution in [0.1, 0.15) is 34.1 Å². The van der Waals surface area contributed by atoms with Crippen molar-refractivity contribution in [3.05, 3.63) is 77.5 Å². The maximum absolute atomic E-state index is 12.7. The van der Waals surface area contributed by atoms with Gasteiger partial charge < -0.3 is 14.8 Å². The van der Waals surface area contributed by atoms with Crippen LogP contribution in [0.2, 0.25) is 0 Å². The van der Waals surface area contributed by atoms with Gasteiger partial charge in [-0.15, -0.1) is 0 Å². The number of carbonyl (C=O) groups excluding carboxylic acids is 1. The number of nitrogens with one attached hydrogen (secondary N) is 1. The van der Waals surface area contributed by atoms with Gasteiger partial charge in [0.1, 0.15) is 18.5 Å². The predicted molar refractivity (Wildman–Crippen MR) is 104 cm³/mol. The highest BCUT2D eigenvalue weighted by Crippen LogP contribution is 2.31. The van der Waals surface area contributed by atoms with Gasteiger partial charge in [-0.05, 0) is 23.6 Å². The highest BCUT2D eigenvalue weighted by Gasteiger charge is 2.27. The van der Waals surface area contributed by atoms with E-state index in [0.29, 0.717) is 18.2 Å². The van der Waals surface area contributed by atoms with Gasteiger partial charge in [0.15, 0.2) is 5.69 Å². The summed E-state index contributed by atoms with van der Waals surface area (Å²) in [5, 5.41) is 7.46. The first-order valence-corrected chi connectivity index (χ1v) is 9.57. The van der Waals surface area contributed by atoms with Crippen molar-refractivity contribution in [2.24, 2.45) is 0 Å². The van der Waals surface area contributed by atoms with Gasteiger partial charge in [-0.1, -0.05) is 48.5 Å². The monoisotopic (exact) mass is 375 g/mol. The largest absolute Gasteiger partial charge is 0.491 e. The fourth-order valence-electron chi connectivity index (χ4n) is 3.79. The summed E-state index contributed by atoms with van der Waals surface area (Å²) in [5.74, 6) is 1.33. The van der Waals surface area contributed by atoms with Crippen LogP contribution in [-0.4, -0.2) is 28.3 Å². The number of hydrogen-bond donors (Lipinski definition) is 1. The van der Waals surface area contributed by atoms with E-state index in [1.807, 2.05) is 42.5 Å². The molecule has 2 aromatic carbocycles. The lowest BCUT2D eigenvalue weighted by Crippen LogP contribution is -2.42. The van der Waals surface area contributed by atoms with Gasteiger partial charge in [0.25, 0.3) is 5.91 Å². The lowest BCUT2D eigenvalue weighted by molar-refractivity contribution is 0.0909. The Hall–Kier alpha value is -3.28. The minimum Gasteiger partial charge on any atom is -0.491 e. The summed E-state index contributed by atoms with van der Waals surface area (Å²) in [4.78, 5) is 12.7. The summed E-state index contributed by atoms with van der Waals surface area (Å²) in [6.45, 7) is 1.19. The van der Waals surface area contributed by atoms with Gasteiger partial charge in [0, 0.05) is 19.0 Å². The van der Waals surface area contributed by atoms with E-state index in [4.69, 9.17) is 9.47 Å².